The van der Waals surface area contributed by atoms with E-state index in [0.29, 0.717) is 74.6 Å². The number of ether oxygens (including phenoxy) is 2. The Bertz CT molecular complexity index is 2600. The predicted molar refractivity (Wildman–Crippen MR) is 305 cm³/mol. The molecule has 4 heterocycles. The molecule has 4 aromatic rings. The van der Waals surface area contributed by atoms with Gasteiger partial charge in [0.1, 0.15) is 18.1 Å². The van der Waals surface area contributed by atoms with E-state index in [9.17, 15) is 29.4 Å². The zero-order chi connectivity index (χ0) is 57.5. The van der Waals surface area contributed by atoms with Crippen molar-refractivity contribution in [2.75, 3.05) is 76.4 Å². The highest BCUT2D eigenvalue weighted by atomic mass is 16.5. The molecule has 0 spiro atoms. The number of carboxylic acid groups (broad SMARTS) is 3. The van der Waals surface area contributed by atoms with Gasteiger partial charge in [-0.3, -0.25) is 24.0 Å². The first-order chi connectivity index (χ1) is 38.4. The number of aliphatic carboxylic acids is 3. The average Bonchev–Trinajstić information content (AvgIpc) is 4.17. The van der Waals surface area contributed by atoms with Crippen molar-refractivity contribution in [3.05, 3.63) is 83.4 Å². The Kier molecular flexibility index (Phi) is 24.5. The number of unbranched alkanes of at least 4 members (excludes halogenated alkanes) is 10. The highest BCUT2D eigenvalue weighted by Crippen LogP contribution is 2.45. The lowest BCUT2D eigenvalue weighted by Gasteiger charge is -2.36. The Hall–Kier alpha value is -6.63. The molecule has 2 atom stereocenters. The maximum absolute atomic E-state index is 15.0. The van der Waals surface area contributed by atoms with Gasteiger partial charge in [-0.05, 0) is 117 Å². The van der Waals surface area contributed by atoms with E-state index < -0.39 is 17.9 Å². The number of pyridine rings is 2. The van der Waals surface area contributed by atoms with Gasteiger partial charge < -0.3 is 44.3 Å². The molecule has 3 aromatic heterocycles. The number of carbonyl (C=O) groups is 5. The summed E-state index contributed by atoms with van der Waals surface area (Å²) in [6.45, 7) is 9.38. The van der Waals surface area contributed by atoms with Gasteiger partial charge >= 0.3 is 11.9 Å². The Balaban J connectivity index is 0.888. The second-order valence-corrected chi connectivity index (χ2v) is 23.5. The minimum atomic E-state index is -1.29. The molecule has 6 rings (SSSR count). The molecule has 80 heavy (non-hydrogen) atoms. The second-order valence-electron chi connectivity index (χ2n) is 23.5. The number of hydrogen-bond donors (Lipinski definition) is 3. The van der Waals surface area contributed by atoms with E-state index in [1.54, 1.807) is 20.4 Å². The number of likely N-dealkylation sites (N-methyl/N-ethyl adjacent to an activating group) is 1. The van der Waals surface area contributed by atoms with Crippen LogP contribution in [0.5, 0.6) is 11.6 Å². The first kappa shape index (κ1) is 62.6. The number of piperidine rings is 1. The van der Waals surface area contributed by atoms with Gasteiger partial charge in [0.05, 0.1) is 56.6 Å². The fourth-order valence-corrected chi connectivity index (χ4v) is 11.0. The molecule has 438 valence electrons. The van der Waals surface area contributed by atoms with Crippen molar-refractivity contribution in [3.63, 3.8) is 0 Å². The summed E-state index contributed by atoms with van der Waals surface area (Å²) in [5.41, 5.74) is 3.90. The van der Waals surface area contributed by atoms with Crippen molar-refractivity contribution in [1.82, 2.24) is 30.3 Å². The summed E-state index contributed by atoms with van der Waals surface area (Å²) < 4.78 is 13.7. The number of amides is 2. The lowest BCUT2D eigenvalue weighted by Crippen LogP contribution is -2.54. The third-order valence-corrected chi connectivity index (χ3v) is 15.8. The van der Waals surface area contributed by atoms with Gasteiger partial charge in [0.15, 0.2) is 6.54 Å². The van der Waals surface area contributed by atoms with Crippen molar-refractivity contribution in [2.45, 2.75) is 162 Å². The fourth-order valence-electron chi connectivity index (χ4n) is 11.0. The summed E-state index contributed by atoms with van der Waals surface area (Å²) in [5.74, 6) is -0.824. The number of hydrogen-bond acceptors (Lipinski definition) is 13. The van der Waals surface area contributed by atoms with Crippen LogP contribution in [-0.4, -0.2) is 136 Å². The summed E-state index contributed by atoms with van der Waals surface area (Å²) in [6.07, 6.45) is 22.7. The van der Waals surface area contributed by atoms with Crippen LogP contribution < -0.4 is 29.7 Å². The first-order valence-corrected chi connectivity index (χ1v) is 29.3. The van der Waals surface area contributed by atoms with E-state index in [2.05, 4.69) is 45.6 Å². The minimum Gasteiger partial charge on any atom is -0.544 e. The average molecular weight is 1110 g/mol. The van der Waals surface area contributed by atoms with E-state index in [1.807, 2.05) is 65.0 Å². The van der Waals surface area contributed by atoms with Crippen LogP contribution in [0.4, 0.5) is 11.5 Å². The second kappa shape index (κ2) is 31.4. The SMILES string of the molecule is COc1ccc(C(=O)N(CC(C)(C)CCn2cc(CCCCCCCCCCCCCC(=O)NCCC[N+](C)(CC(=O)[O-])CC(=O)O)nn2)c2cccc(C)n2)c(N2CCC(COc3cc([C@@H](CC(=O)O)C4CC4)ccn3)CC2)c1. The molecule has 2 amide bonds. The quantitative estimate of drug-likeness (QED) is 0.0282. The number of quaternary nitrogens is 1. The highest BCUT2D eigenvalue weighted by molar-refractivity contribution is 6.09. The predicted octanol–water partition coefficient (Wildman–Crippen LogP) is 8.42. The van der Waals surface area contributed by atoms with Crippen molar-refractivity contribution in [2.24, 2.45) is 17.3 Å². The number of anilines is 2. The van der Waals surface area contributed by atoms with Gasteiger partial charge in [-0.15, -0.1) is 5.10 Å². The van der Waals surface area contributed by atoms with Gasteiger partial charge in [-0.25, -0.2) is 14.8 Å². The number of carbonyl (C=O) groups excluding carboxylic acids is 3. The number of aryl methyl sites for hydroxylation is 3. The van der Waals surface area contributed by atoms with Crippen LogP contribution in [0.15, 0.2) is 60.9 Å². The van der Waals surface area contributed by atoms with Gasteiger partial charge in [0.2, 0.25) is 11.8 Å². The Morgan fingerprint density at radius 2 is 1.57 bits per heavy atom. The standard InChI is InChI=1S/C61H89N9O10/c1-45-19-17-21-54(64-45)69(60(78)51-26-25-50(79-5)38-53(51)67-33-28-46(29-34-67)43-80-56-37-48(27-32-63-56)52(39-57(72)73)47-23-24-47)44-61(2,3)30-35-68-40-49(65-66-68)20-15-13-11-9-7-6-8-10-12-14-16-22-55(71)62-31-18-36-70(4,41-58(74)75)42-59(76)77/h17,19,21,25-27,32,37-38,40,46-47,52H,6-16,18,20,22-24,28-31,33-36,39,41-44H2,1-5H3,(H3-,62,71,72,73,74,75,76,77)/t52-/m0/s1. The van der Waals surface area contributed by atoms with Crippen molar-refractivity contribution in [1.29, 1.82) is 0 Å². The first-order valence-electron chi connectivity index (χ1n) is 29.3. The van der Waals surface area contributed by atoms with E-state index in [4.69, 9.17) is 19.6 Å². The number of nitrogens with zero attached hydrogens (tertiary/aromatic N) is 8. The molecule has 1 aromatic carbocycles. The number of aromatic nitrogens is 5. The Labute approximate surface area is 473 Å². The number of nitrogens with one attached hydrogen (secondary N) is 1. The molecule has 1 saturated heterocycles. The Morgan fingerprint density at radius 1 is 0.875 bits per heavy atom. The summed E-state index contributed by atoms with van der Waals surface area (Å²) in [7, 11) is 3.22. The molecule has 1 aliphatic heterocycles. The van der Waals surface area contributed by atoms with Crippen LogP contribution in [0.2, 0.25) is 0 Å². The molecule has 3 N–H and O–H groups in total. The van der Waals surface area contributed by atoms with Crippen molar-refractivity contribution in [3.8, 4) is 11.6 Å². The van der Waals surface area contributed by atoms with Gasteiger partial charge in [0.25, 0.3) is 5.91 Å². The normalized spacial score (nSPS) is 15.0. The molecular weight excluding hydrogens is 1020 g/mol. The van der Waals surface area contributed by atoms with Gasteiger partial charge in [-0.1, -0.05) is 82.9 Å². The maximum atomic E-state index is 15.0. The zero-order valence-corrected chi connectivity index (χ0v) is 48.2. The van der Waals surface area contributed by atoms with E-state index in [-0.39, 0.29) is 53.1 Å². The maximum Gasteiger partial charge on any atom is 0.359 e. The zero-order valence-electron chi connectivity index (χ0n) is 48.2. The minimum absolute atomic E-state index is 0.0216. The molecule has 1 unspecified atom stereocenters. The van der Waals surface area contributed by atoms with Crippen LogP contribution in [0.3, 0.4) is 0 Å². The van der Waals surface area contributed by atoms with Crippen LogP contribution in [0.25, 0.3) is 0 Å². The molecule has 1 saturated carbocycles. The fraction of sp³-hybridized carbons (Fsp3) is 0.623. The largest absolute Gasteiger partial charge is 0.544 e. The third kappa shape index (κ3) is 21.4. The van der Waals surface area contributed by atoms with Gasteiger partial charge in [-0.2, -0.15) is 0 Å². The number of methoxy groups -OCH3 is 1. The molecule has 0 radical (unpaired) electrons. The topological polar surface area (TPSA) is 242 Å². The molecule has 0 bridgehead atoms. The Morgan fingerprint density at radius 3 is 2.23 bits per heavy atom. The lowest BCUT2D eigenvalue weighted by atomic mass is 9.88. The molecule has 2 fully saturated rings. The van der Waals surface area contributed by atoms with Crippen LogP contribution in [-0.2, 0) is 32.1 Å². The number of rotatable bonds is 38. The van der Waals surface area contributed by atoms with Crippen LogP contribution >= 0.6 is 0 Å². The van der Waals surface area contributed by atoms with E-state index in [0.717, 1.165) is 113 Å². The number of carboxylic acids is 3. The third-order valence-electron chi connectivity index (χ3n) is 15.8. The highest BCUT2D eigenvalue weighted by Gasteiger charge is 2.35. The molecule has 19 nitrogen and oxygen atoms in total. The smallest absolute Gasteiger partial charge is 0.359 e. The molecular formula is C61H89N9O10. The summed E-state index contributed by atoms with van der Waals surface area (Å²) in [6, 6.07) is 15.3. The summed E-state index contributed by atoms with van der Waals surface area (Å²) in [5, 5.41) is 41.6. The molecule has 1 aliphatic carbocycles. The number of benzene rings is 1. The van der Waals surface area contributed by atoms with Crippen molar-refractivity contribution >= 4 is 41.2 Å². The molecule has 19 heteroatoms. The van der Waals surface area contributed by atoms with Crippen molar-refractivity contribution < 1.29 is 53.2 Å². The van der Waals surface area contributed by atoms with Crippen LogP contribution in [0, 0.1) is 24.2 Å². The van der Waals surface area contributed by atoms with Gasteiger partial charge in [0, 0.05) is 75.8 Å². The van der Waals surface area contributed by atoms with Crippen LogP contribution in [0.1, 0.15) is 169 Å². The lowest BCUT2D eigenvalue weighted by molar-refractivity contribution is -0.897. The molecule has 2 aliphatic rings. The summed E-state index contributed by atoms with van der Waals surface area (Å²) in [4.78, 5) is 74.5. The van der Waals surface area contributed by atoms with E-state index >= 15 is 4.79 Å². The summed E-state index contributed by atoms with van der Waals surface area (Å²) >= 11 is 0. The van der Waals surface area contributed by atoms with E-state index in [1.165, 1.54) is 32.1 Å². The monoisotopic (exact) mass is 1110 g/mol.